The Morgan fingerprint density at radius 2 is 2.17 bits per heavy atom. The molecule has 0 aliphatic heterocycles. The molecule has 0 unspecified atom stereocenters. The molecule has 92 valence electrons. The monoisotopic (exact) mass is 237 g/mol. The van der Waals surface area contributed by atoms with E-state index in [0.717, 1.165) is 27.8 Å². The summed E-state index contributed by atoms with van der Waals surface area (Å²) in [5.41, 5.74) is 3.45. The Hall–Kier alpha value is -1.89. The van der Waals surface area contributed by atoms with Crippen molar-refractivity contribution in [3.63, 3.8) is 0 Å². The van der Waals surface area contributed by atoms with Crippen molar-refractivity contribution in [1.29, 1.82) is 0 Å². The van der Waals surface area contributed by atoms with Crippen LogP contribution in [-0.2, 0) is 0 Å². The average Bonchev–Trinajstić information content (AvgIpc) is 2.33. The first-order chi connectivity index (χ1) is 8.61. The van der Waals surface area contributed by atoms with E-state index in [9.17, 15) is 0 Å². The number of hydrogen-bond acceptors (Lipinski definition) is 1. The SMILES string of the molecule is C=c1/c(=C\C(C)=C/CC)ccc2cc(C)cnc12. The minimum Gasteiger partial charge on any atom is -0.255 e. The van der Waals surface area contributed by atoms with Gasteiger partial charge >= 0.3 is 0 Å². The summed E-state index contributed by atoms with van der Waals surface area (Å²) in [7, 11) is 0. The van der Waals surface area contributed by atoms with E-state index in [0.29, 0.717) is 0 Å². The van der Waals surface area contributed by atoms with E-state index in [4.69, 9.17) is 0 Å². The van der Waals surface area contributed by atoms with Gasteiger partial charge in [0.2, 0.25) is 0 Å². The Labute approximate surface area is 108 Å². The van der Waals surface area contributed by atoms with E-state index < -0.39 is 0 Å². The van der Waals surface area contributed by atoms with Gasteiger partial charge in [0.15, 0.2) is 0 Å². The van der Waals surface area contributed by atoms with Crippen molar-refractivity contribution < 1.29 is 0 Å². The van der Waals surface area contributed by atoms with Crippen molar-refractivity contribution in [2.24, 2.45) is 0 Å². The second-order valence-electron chi connectivity index (χ2n) is 4.72. The molecule has 2 aromatic rings. The Morgan fingerprint density at radius 1 is 1.39 bits per heavy atom. The van der Waals surface area contributed by atoms with Gasteiger partial charge in [-0.15, -0.1) is 0 Å². The fourth-order valence-corrected chi connectivity index (χ4v) is 2.15. The van der Waals surface area contributed by atoms with E-state index in [1.165, 1.54) is 11.1 Å². The van der Waals surface area contributed by atoms with Crippen molar-refractivity contribution in [2.75, 3.05) is 0 Å². The van der Waals surface area contributed by atoms with Crippen molar-refractivity contribution in [3.8, 4) is 0 Å². The lowest BCUT2D eigenvalue weighted by molar-refractivity contribution is 1.20. The van der Waals surface area contributed by atoms with E-state index in [2.05, 4.69) is 62.7 Å². The standard InChI is InChI=1S/C17H19N/c1-5-6-12(2)9-15-7-8-16-10-13(3)11-18-17(16)14(15)4/h6-11H,4-5H2,1-3H3/b12-6-,15-9-. The predicted octanol–water partition coefficient (Wildman–Crippen LogP) is 3.09. The highest BCUT2D eigenvalue weighted by Crippen LogP contribution is 2.07. The third-order valence-electron chi connectivity index (χ3n) is 3.04. The van der Waals surface area contributed by atoms with Crippen molar-refractivity contribution >= 4 is 23.6 Å². The molecular weight excluding hydrogens is 218 g/mol. The maximum absolute atomic E-state index is 4.49. The minimum absolute atomic E-state index is 0.999. The summed E-state index contributed by atoms with van der Waals surface area (Å²) in [6, 6.07) is 6.39. The molecule has 1 nitrogen and oxygen atoms in total. The fraction of sp³-hybridized carbons (Fsp3) is 0.235. The van der Waals surface area contributed by atoms with Crippen LogP contribution in [0.25, 0.3) is 23.6 Å². The Bertz CT molecular complexity index is 708. The van der Waals surface area contributed by atoms with Gasteiger partial charge in [-0.05, 0) is 37.1 Å². The second-order valence-corrected chi connectivity index (χ2v) is 4.72. The van der Waals surface area contributed by atoms with Gasteiger partial charge in [0.25, 0.3) is 0 Å². The molecule has 0 N–H and O–H groups in total. The lowest BCUT2D eigenvalue weighted by atomic mass is 10.1. The van der Waals surface area contributed by atoms with Crippen LogP contribution in [0.5, 0.6) is 0 Å². The minimum atomic E-state index is 0.999. The van der Waals surface area contributed by atoms with Gasteiger partial charge in [0.1, 0.15) is 0 Å². The van der Waals surface area contributed by atoms with E-state index >= 15 is 0 Å². The summed E-state index contributed by atoms with van der Waals surface area (Å²) < 4.78 is 0. The van der Waals surface area contributed by atoms with Crippen molar-refractivity contribution in [1.82, 2.24) is 4.98 Å². The Morgan fingerprint density at radius 3 is 2.89 bits per heavy atom. The van der Waals surface area contributed by atoms with Gasteiger partial charge in [-0.1, -0.05) is 43.4 Å². The lowest BCUT2D eigenvalue weighted by Gasteiger charge is -2.00. The molecule has 0 radical (unpaired) electrons. The molecule has 1 heteroatoms. The van der Waals surface area contributed by atoms with E-state index in [1.807, 2.05) is 6.20 Å². The van der Waals surface area contributed by atoms with Crippen LogP contribution in [0.1, 0.15) is 25.8 Å². The molecule has 0 amide bonds. The largest absolute Gasteiger partial charge is 0.255 e. The first-order valence-corrected chi connectivity index (χ1v) is 6.34. The molecule has 0 saturated carbocycles. The van der Waals surface area contributed by atoms with Gasteiger partial charge < -0.3 is 0 Å². The van der Waals surface area contributed by atoms with Crippen LogP contribution in [-0.4, -0.2) is 4.98 Å². The number of pyridine rings is 1. The van der Waals surface area contributed by atoms with Gasteiger partial charge in [0, 0.05) is 16.8 Å². The highest BCUT2D eigenvalue weighted by Gasteiger charge is 1.97. The van der Waals surface area contributed by atoms with Gasteiger partial charge in [-0.25, -0.2) is 0 Å². The number of rotatable bonds is 2. The summed E-state index contributed by atoms with van der Waals surface area (Å²) in [6.45, 7) is 10.5. The maximum Gasteiger partial charge on any atom is 0.0774 e. The highest BCUT2D eigenvalue weighted by atomic mass is 14.6. The van der Waals surface area contributed by atoms with Gasteiger partial charge in [0.05, 0.1) is 5.52 Å². The zero-order valence-corrected chi connectivity index (χ0v) is 11.3. The molecule has 0 aliphatic carbocycles. The molecule has 0 atom stereocenters. The van der Waals surface area contributed by atoms with Crippen molar-refractivity contribution in [3.05, 3.63) is 52.0 Å². The molecule has 0 spiro atoms. The molecule has 0 saturated heterocycles. The van der Waals surface area contributed by atoms with Crippen LogP contribution in [0.4, 0.5) is 0 Å². The van der Waals surface area contributed by atoms with Crippen LogP contribution < -0.4 is 10.4 Å². The summed E-state index contributed by atoms with van der Waals surface area (Å²) in [5, 5.41) is 3.33. The molecule has 1 aromatic carbocycles. The number of allylic oxidation sites excluding steroid dienone is 2. The van der Waals surface area contributed by atoms with Crippen LogP contribution in [0.15, 0.2) is 36.0 Å². The summed E-state index contributed by atoms with van der Waals surface area (Å²) >= 11 is 0. The zero-order chi connectivity index (χ0) is 13.1. The predicted molar refractivity (Wildman–Crippen MR) is 79.8 cm³/mol. The summed E-state index contributed by atoms with van der Waals surface area (Å²) in [6.07, 6.45) is 7.34. The topological polar surface area (TPSA) is 12.9 Å². The zero-order valence-electron chi connectivity index (χ0n) is 11.3. The van der Waals surface area contributed by atoms with Gasteiger partial charge in [-0.3, -0.25) is 4.98 Å². The first-order valence-electron chi connectivity index (χ1n) is 6.34. The normalized spacial score (nSPS) is 13.3. The smallest absolute Gasteiger partial charge is 0.0774 e. The average molecular weight is 237 g/mol. The summed E-state index contributed by atoms with van der Waals surface area (Å²) in [5.74, 6) is 0. The Balaban J connectivity index is 2.70. The lowest BCUT2D eigenvalue weighted by Crippen LogP contribution is -2.24. The molecule has 2 rings (SSSR count). The van der Waals surface area contributed by atoms with Crippen molar-refractivity contribution in [2.45, 2.75) is 27.2 Å². The number of aromatic nitrogens is 1. The quantitative estimate of drug-likeness (QED) is 0.782. The third kappa shape index (κ3) is 2.51. The molecule has 18 heavy (non-hydrogen) atoms. The molecule has 1 aromatic heterocycles. The number of nitrogens with zero attached hydrogens (tertiary/aromatic N) is 1. The number of aryl methyl sites for hydroxylation is 1. The number of benzene rings is 1. The number of hydrogen-bond donors (Lipinski definition) is 0. The van der Waals surface area contributed by atoms with Crippen LogP contribution in [0, 0.1) is 6.92 Å². The molecule has 1 heterocycles. The molecule has 0 fully saturated rings. The van der Waals surface area contributed by atoms with E-state index in [1.54, 1.807) is 0 Å². The second kappa shape index (κ2) is 5.18. The maximum atomic E-state index is 4.49. The third-order valence-corrected chi connectivity index (χ3v) is 3.04. The Kier molecular flexibility index (Phi) is 3.61. The van der Waals surface area contributed by atoms with Crippen LogP contribution in [0.3, 0.4) is 0 Å². The highest BCUT2D eigenvalue weighted by molar-refractivity contribution is 5.80. The van der Waals surface area contributed by atoms with Crippen LogP contribution >= 0.6 is 0 Å². The first kappa shape index (κ1) is 12.6. The van der Waals surface area contributed by atoms with E-state index in [-0.39, 0.29) is 0 Å². The van der Waals surface area contributed by atoms with Crippen LogP contribution in [0.2, 0.25) is 0 Å². The fourth-order valence-electron chi connectivity index (χ4n) is 2.15. The number of fused-ring (bicyclic) bond motifs is 1. The molecular formula is C17H19N. The molecule has 0 bridgehead atoms. The summed E-state index contributed by atoms with van der Waals surface area (Å²) in [4.78, 5) is 4.49. The van der Waals surface area contributed by atoms with Gasteiger partial charge in [-0.2, -0.15) is 0 Å². The molecule has 0 aliphatic rings.